The molecule has 1 fully saturated rings. The topological polar surface area (TPSA) is 108 Å². The zero-order valence-corrected chi connectivity index (χ0v) is 18.8. The Kier molecular flexibility index (Phi) is 8.37. The van der Waals surface area contributed by atoms with E-state index >= 15 is 0 Å². The van der Waals surface area contributed by atoms with Gasteiger partial charge in [0.1, 0.15) is 23.7 Å². The lowest BCUT2D eigenvalue weighted by molar-refractivity contribution is -0.164. The fourth-order valence-electron chi connectivity index (χ4n) is 3.34. The van der Waals surface area contributed by atoms with Crippen LogP contribution in [0.1, 0.15) is 16.7 Å². The number of aliphatic hydroxyl groups excluding tert-OH is 3. The molecule has 5 unspecified atom stereocenters. The van der Waals surface area contributed by atoms with Gasteiger partial charge in [-0.1, -0.05) is 23.7 Å². The number of aryl methyl sites for hydroxylation is 1. The van der Waals surface area contributed by atoms with Crippen molar-refractivity contribution in [1.29, 1.82) is 0 Å². The number of benzene rings is 2. The summed E-state index contributed by atoms with van der Waals surface area (Å²) in [4.78, 5) is 0. The molecule has 174 valence electrons. The number of halogens is 3. The van der Waals surface area contributed by atoms with Gasteiger partial charge in [-0.05, 0) is 42.3 Å². The first kappa shape index (κ1) is 24.8. The lowest BCUT2D eigenvalue weighted by Gasteiger charge is -2.42. The van der Waals surface area contributed by atoms with Crippen LogP contribution in [0, 0.1) is 18.6 Å². The molecule has 2 aromatic carbocycles. The van der Waals surface area contributed by atoms with Gasteiger partial charge in [-0.25, -0.2) is 8.78 Å². The first-order valence-corrected chi connectivity index (χ1v) is 11.3. The van der Waals surface area contributed by atoms with Crippen molar-refractivity contribution in [3.8, 4) is 0 Å². The summed E-state index contributed by atoms with van der Waals surface area (Å²) >= 11 is 7.20. The van der Waals surface area contributed by atoms with Crippen LogP contribution in [0.25, 0.3) is 5.70 Å². The molecule has 32 heavy (non-hydrogen) atoms. The Balaban J connectivity index is 1.73. The predicted octanol–water partition coefficient (Wildman–Crippen LogP) is 2.51. The van der Waals surface area contributed by atoms with Gasteiger partial charge in [-0.2, -0.15) is 0 Å². The quantitative estimate of drug-likeness (QED) is 0.409. The SMILES string of the molecule is Cc1cc(/C(N)=C/NC2C(O)C(CO)OC(SCc3ccc(Cl)cc3)C2O)cc(F)c1F. The molecular weight excluding hydrogens is 462 g/mol. The minimum Gasteiger partial charge on any atom is -0.397 e. The summed E-state index contributed by atoms with van der Waals surface area (Å²) in [6.45, 7) is 0.967. The number of nitrogens with one attached hydrogen (secondary N) is 1. The van der Waals surface area contributed by atoms with Crippen molar-refractivity contribution in [3.05, 3.63) is 75.9 Å². The zero-order chi connectivity index (χ0) is 23.4. The molecule has 2 aromatic rings. The van der Waals surface area contributed by atoms with Crippen LogP contribution in [0.15, 0.2) is 42.6 Å². The van der Waals surface area contributed by atoms with Gasteiger partial charge in [-0.3, -0.25) is 0 Å². The van der Waals surface area contributed by atoms with Gasteiger partial charge < -0.3 is 31.1 Å². The van der Waals surface area contributed by atoms with Crippen molar-refractivity contribution in [2.45, 2.75) is 42.5 Å². The Morgan fingerprint density at radius 2 is 1.91 bits per heavy atom. The normalized spacial score (nSPS) is 26.2. The van der Waals surface area contributed by atoms with Gasteiger partial charge >= 0.3 is 0 Å². The van der Waals surface area contributed by atoms with E-state index in [1.807, 2.05) is 12.1 Å². The van der Waals surface area contributed by atoms with Crippen molar-refractivity contribution in [2.75, 3.05) is 6.61 Å². The Labute approximate surface area is 194 Å². The molecule has 0 radical (unpaired) electrons. The number of thioether (sulfide) groups is 1. The maximum Gasteiger partial charge on any atom is 0.161 e. The minimum absolute atomic E-state index is 0.0869. The van der Waals surface area contributed by atoms with Crippen LogP contribution in [0.3, 0.4) is 0 Å². The molecule has 1 heterocycles. The summed E-state index contributed by atoms with van der Waals surface area (Å²) < 4.78 is 32.9. The summed E-state index contributed by atoms with van der Waals surface area (Å²) in [7, 11) is 0. The standard InChI is InChI=1S/C22H25ClF2N2O4S/c1-11-6-13(7-15(24)18(11)25)16(26)8-27-19-20(29)17(9-28)31-22(21(19)30)32-10-12-2-4-14(23)5-3-12/h2-8,17,19-22,27-30H,9-10,26H2,1H3/b16-8-. The Morgan fingerprint density at radius 1 is 1.22 bits per heavy atom. The highest BCUT2D eigenvalue weighted by molar-refractivity contribution is 7.99. The number of aliphatic hydroxyl groups is 3. The number of rotatable bonds is 7. The third-order valence-electron chi connectivity index (χ3n) is 5.19. The van der Waals surface area contributed by atoms with Crippen molar-refractivity contribution in [1.82, 2.24) is 5.32 Å². The van der Waals surface area contributed by atoms with Crippen LogP contribution in [-0.2, 0) is 10.5 Å². The average molecular weight is 487 g/mol. The highest BCUT2D eigenvalue weighted by atomic mass is 35.5. The van der Waals surface area contributed by atoms with Crippen LogP contribution in [0.5, 0.6) is 0 Å². The zero-order valence-electron chi connectivity index (χ0n) is 17.2. The second-order valence-corrected chi connectivity index (χ2v) is 9.05. The number of hydrogen-bond acceptors (Lipinski definition) is 7. The molecule has 6 nitrogen and oxygen atoms in total. The molecule has 0 aliphatic carbocycles. The van der Waals surface area contributed by atoms with Gasteiger partial charge in [0.25, 0.3) is 0 Å². The van der Waals surface area contributed by atoms with E-state index in [9.17, 15) is 24.1 Å². The highest BCUT2D eigenvalue weighted by Crippen LogP contribution is 2.31. The fraction of sp³-hybridized carbons (Fsp3) is 0.364. The number of nitrogens with two attached hydrogens (primary N) is 1. The van der Waals surface area contributed by atoms with Crippen molar-refractivity contribution < 1.29 is 28.8 Å². The second-order valence-electron chi connectivity index (χ2n) is 7.53. The molecule has 6 N–H and O–H groups in total. The van der Waals surface area contributed by atoms with Crippen LogP contribution in [-0.4, -0.2) is 51.7 Å². The molecule has 0 aromatic heterocycles. The van der Waals surface area contributed by atoms with Gasteiger partial charge in [0.2, 0.25) is 0 Å². The van der Waals surface area contributed by atoms with Gasteiger partial charge in [-0.15, -0.1) is 11.8 Å². The molecule has 3 rings (SSSR count). The summed E-state index contributed by atoms with van der Waals surface area (Å²) in [6.07, 6.45) is -2.01. The third kappa shape index (κ3) is 5.72. The molecule has 0 spiro atoms. The molecule has 5 atom stereocenters. The second kappa shape index (κ2) is 10.8. The smallest absolute Gasteiger partial charge is 0.161 e. The van der Waals surface area contributed by atoms with Crippen molar-refractivity contribution >= 4 is 29.1 Å². The van der Waals surface area contributed by atoms with E-state index in [0.29, 0.717) is 10.8 Å². The van der Waals surface area contributed by atoms with E-state index < -0.39 is 48.0 Å². The van der Waals surface area contributed by atoms with Crippen LogP contribution in [0.2, 0.25) is 5.02 Å². The molecule has 10 heteroatoms. The lowest BCUT2D eigenvalue weighted by atomic mass is 9.97. The Bertz CT molecular complexity index is 940. The van der Waals surface area contributed by atoms with E-state index in [0.717, 1.165) is 11.6 Å². The Hall–Kier alpha value is -1.88. The molecule has 1 aliphatic heterocycles. The first-order chi connectivity index (χ1) is 15.2. The highest BCUT2D eigenvalue weighted by Gasteiger charge is 2.44. The van der Waals surface area contributed by atoms with Gasteiger partial charge in [0, 0.05) is 22.5 Å². The maximum atomic E-state index is 13.7. The van der Waals surface area contributed by atoms with Gasteiger partial charge in [0.15, 0.2) is 11.6 Å². The summed E-state index contributed by atoms with van der Waals surface area (Å²) in [5.74, 6) is -1.47. The summed E-state index contributed by atoms with van der Waals surface area (Å²) in [5, 5.41) is 34.4. The molecule has 1 aliphatic rings. The van der Waals surface area contributed by atoms with E-state index in [2.05, 4.69) is 5.32 Å². The maximum absolute atomic E-state index is 13.7. The minimum atomic E-state index is -1.24. The van der Waals surface area contributed by atoms with E-state index in [-0.39, 0.29) is 16.8 Å². The molecule has 0 bridgehead atoms. The lowest BCUT2D eigenvalue weighted by Crippen LogP contribution is -2.62. The van der Waals surface area contributed by atoms with E-state index in [1.165, 1.54) is 31.0 Å². The predicted molar refractivity (Wildman–Crippen MR) is 121 cm³/mol. The third-order valence-corrected chi connectivity index (χ3v) is 6.66. The van der Waals surface area contributed by atoms with Crippen LogP contribution < -0.4 is 11.1 Å². The summed E-state index contributed by atoms with van der Waals surface area (Å²) in [5.41, 5.74) is 6.64. The summed E-state index contributed by atoms with van der Waals surface area (Å²) in [6, 6.07) is 8.66. The fourth-order valence-corrected chi connectivity index (χ4v) is 4.61. The van der Waals surface area contributed by atoms with Gasteiger partial charge in [0.05, 0.1) is 18.3 Å². The Morgan fingerprint density at radius 3 is 2.53 bits per heavy atom. The number of hydrogen-bond donors (Lipinski definition) is 5. The van der Waals surface area contributed by atoms with Crippen molar-refractivity contribution in [2.24, 2.45) is 5.73 Å². The van der Waals surface area contributed by atoms with Crippen LogP contribution in [0.4, 0.5) is 8.78 Å². The average Bonchev–Trinajstić information content (AvgIpc) is 2.77. The molecule has 1 saturated heterocycles. The van der Waals surface area contributed by atoms with Crippen LogP contribution >= 0.6 is 23.4 Å². The first-order valence-electron chi connectivity index (χ1n) is 9.87. The van der Waals surface area contributed by atoms with E-state index in [1.54, 1.807) is 12.1 Å². The molecule has 0 amide bonds. The molecule has 0 saturated carbocycles. The van der Waals surface area contributed by atoms with Crippen molar-refractivity contribution in [3.63, 3.8) is 0 Å². The monoisotopic (exact) mass is 486 g/mol. The largest absolute Gasteiger partial charge is 0.397 e. The number of ether oxygens (including phenoxy) is 1. The van der Waals surface area contributed by atoms with E-state index in [4.69, 9.17) is 22.1 Å². The molecular formula is C22H25ClF2N2O4S.